The fourth-order valence-electron chi connectivity index (χ4n) is 6.91. The number of nitrogens with two attached hydrogens (primary N) is 1. The molecule has 0 amide bonds. The van der Waals surface area contributed by atoms with E-state index in [2.05, 4.69) is 50.3 Å². The summed E-state index contributed by atoms with van der Waals surface area (Å²) < 4.78 is 33.5. The number of carbonyl (C=O) groups excluding carboxylic acids is 1. The van der Waals surface area contributed by atoms with Crippen LogP contribution in [0.25, 0.3) is 0 Å². The van der Waals surface area contributed by atoms with Crippen molar-refractivity contribution in [2.45, 2.75) is 238 Å². The first-order valence-electron chi connectivity index (χ1n) is 24.5. The molecule has 0 aliphatic carbocycles. The molecule has 342 valence electrons. The Hall–Kier alpha value is -1.28. The van der Waals surface area contributed by atoms with Crippen molar-refractivity contribution >= 4 is 13.8 Å². The van der Waals surface area contributed by atoms with E-state index in [0.717, 1.165) is 44.9 Å². The van der Waals surface area contributed by atoms with Gasteiger partial charge in [-0.3, -0.25) is 13.8 Å². The molecule has 8 nitrogen and oxygen atoms in total. The van der Waals surface area contributed by atoms with E-state index in [1.165, 1.54) is 167 Å². The summed E-state index contributed by atoms with van der Waals surface area (Å²) >= 11 is 0. The SMILES string of the molecule is CCCCC/C=C\C/C=C\CCCCCCCCOCC(COP(=O)(O)OCCN)OC(=O)CCCCCCCCCCCCC/C=C\CCCCCCCCCC. The van der Waals surface area contributed by atoms with Crippen LogP contribution in [0.5, 0.6) is 0 Å². The number of rotatable bonds is 47. The minimum absolute atomic E-state index is 0.0974. The highest BCUT2D eigenvalue weighted by atomic mass is 31.2. The second kappa shape index (κ2) is 46.8. The number of esters is 1. The predicted octanol–water partition coefficient (Wildman–Crippen LogP) is 15.0. The van der Waals surface area contributed by atoms with Gasteiger partial charge < -0.3 is 20.1 Å². The Kier molecular flexibility index (Phi) is 45.7. The van der Waals surface area contributed by atoms with Gasteiger partial charge in [-0.15, -0.1) is 0 Å². The van der Waals surface area contributed by atoms with Gasteiger partial charge in [0.05, 0.1) is 19.8 Å². The van der Waals surface area contributed by atoms with Crippen LogP contribution in [-0.2, 0) is 27.9 Å². The zero-order valence-electron chi connectivity index (χ0n) is 38.0. The molecule has 0 rings (SSSR count). The number of hydrogen-bond acceptors (Lipinski definition) is 7. The molecule has 0 saturated heterocycles. The normalized spacial score (nSPS) is 13.7. The lowest BCUT2D eigenvalue weighted by molar-refractivity contribution is -0.154. The Morgan fingerprint density at radius 3 is 1.40 bits per heavy atom. The van der Waals surface area contributed by atoms with E-state index in [4.69, 9.17) is 24.3 Å². The highest BCUT2D eigenvalue weighted by molar-refractivity contribution is 7.47. The molecule has 0 aromatic carbocycles. The molecule has 0 aromatic heterocycles. The molecule has 3 N–H and O–H groups in total. The van der Waals surface area contributed by atoms with E-state index in [0.29, 0.717) is 13.0 Å². The molecule has 2 atom stereocenters. The Morgan fingerprint density at radius 2 is 0.914 bits per heavy atom. The van der Waals surface area contributed by atoms with E-state index < -0.39 is 13.9 Å². The predicted molar refractivity (Wildman–Crippen MR) is 247 cm³/mol. The third-order valence-corrected chi connectivity index (χ3v) is 11.5. The molecule has 0 bridgehead atoms. The van der Waals surface area contributed by atoms with Gasteiger partial charge in [0.1, 0.15) is 6.10 Å². The Balaban J connectivity index is 3.95. The molecule has 0 heterocycles. The van der Waals surface area contributed by atoms with Crippen molar-refractivity contribution in [2.75, 3.05) is 33.0 Å². The fourth-order valence-corrected chi connectivity index (χ4v) is 7.67. The number of unbranched alkanes of at least 4 members (excludes halogenated alkanes) is 28. The molecule has 0 saturated carbocycles. The molecular weight excluding hydrogens is 746 g/mol. The summed E-state index contributed by atoms with van der Waals surface area (Å²) in [5.74, 6) is -0.333. The molecule has 0 aromatic rings. The summed E-state index contributed by atoms with van der Waals surface area (Å²) in [6.45, 7) is 4.90. The number of allylic oxidation sites excluding steroid dienone is 6. The minimum atomic E-state index is -4.28. The van der Waals surface area contributed by atoms with Crippen molar-refractivity contribution in [1.29, 1.82) is 0 Å². The van der Waals surface area contributed by atoms with Crippen LogP contribution in [-0.4, -0.2) is 49.9 Å². The number of ether oxygens (including phenoxy) is 2. The first-order valence-corrected chi connectivity index (χ1v) is 26.0. The van der Waals surface area contributed by atoms with Crippen molar-refractivity contribution in [2.24, 2.45) is 5.73 Å². The Labute approximate surface area is 358 Å². The van der Waals surface area contributed by atoms with Gasteiger partial charge in [-0.05, 0) is 70.6 Å². The zero-order valence-corrected chi connectivity index (χ0v) is 38.9. The molecule has 0 fully saturated rings. The summed E-state index contributed by atoms with van der Waals surface area (Å²) in [6, 6.07) is 0. The van der Waals surface area contributed by atoms with Gasteiger partial charge in [0, 0.05) is 19.6 Å². The number of hydrogen-bond donors (Lipinski definition) is 2. The molecule has 0 aliphatic rings. The average molecular weight is 840 g/mol. The molecular formula is C49H94NO7P. The summed E-state index contributed by atoms with van der Waals surface area (Å²) in [4.78, 5) is 22.6. The van der Waals surface area contributed by atoms with Gasteiger partial charge in [-0.25, -0.2) is 4.57 Å². The summed E-state index contributed by atoms with van der Waals surface area (Å²) in [5.41, 5.74) is 5.38. The lowest BCUT2D eigenvalue weighted by Gasteiger charge is -2.20. The van der Waals surface area contributed by atoms with Gasteiger partial charge in [-0.1, -0.05) is 192 Å². The summed E-state index contributed by atoms with van der Waals surface area (Å²) in [7, 11) is -4.28. The number of carbonyl (C=O) groups is 1. The first-order chi connectivity index (χ1) is 28.4. The maximum absolute atomic E-state index is 12.6. The highest BCUT2D eigenvalue weighted by Gasteiger charge is 2.25. The lowest BCUT2D eigenvalue weighted by Crippen LogP contribution is -2.28. The third-order valence-electron chi connectivity index (χ3n) is 10.5. The third kappa shape index (κ3) is 45.8. The quantitative estimate of drug-likeness (QED) is 0.0269. The standard InChI is InChI=1S/C49H94NO7P/c1-3-5-7-9-11-13-15-17-19-21-22-23-24-25-26-27-28-30-32-34-36-38-40-42-49(51)57-48(47-56-58(52,53)55-45-43-50)46-54-44-41-39-37-35-33-31-29-20-18-16-14-12-10-8-6-4-2/h12,14,18,20-22,48H,3-11,13,15-17,19,23-47,50H2,1-2H3,(H,52,53)/b14-12-,20-18-,22-21-. The van der Waals surface area contributed by atoms with Gasteiger partial charge in [0.2, 0.25) is 0 Å². The molecule has 9 heteroatoms. The smallest absolute Gasteiger partial charge is 0.457 e. The van der Waals surface area contributed by atoms with Crippen LogP contribution >= 0.6 is 7.82 Å². The van der Waals surface area contributed by atoms with Crippen LogP contribution in [0.3, 0.4) is 0 Å². The Bertz CT molecular complexity index is 988. The maximum Gasteiger partial charge on any atom is 0.472 e. The molecule has 0 aliphatic heterocycles. The monoisotopic (exact) mass is 840 g/mol. The zero-order chi connectivity index (χ0) is 42.3. The summed E-state index contributed by atoms with van der Waals surface area (Å²) in [6.07, 6.45) is 54.6. The number of phosphoric acid groups is 1. The minimum Gasteiger partial charge on any atom is -0.457 e. The van der Waals surface area contributed by atoms with E-state index in [-0.39, 0.29) is 32.3 Å². The van der Waals surface area contributed by atoms with E-state index in [1.54, 1.807) is 0 Å². The van der Waals surface area contributed by atoms with Crippen LogP contribution in [0.15, 0.2) is 36.5 Å². The highest BCUT2D eigenvalue weighted by Crippen LogP contribution is 2.43. The van der Waals surface area contributed by atoms with Crippen molar-refractivity contribution in [3.63, 3.8) is 0 Å². The first kappa shape index (κ1) is 56.7. The maximum atomic E-state index is 12.6. The topological polar surface area (TPSA) is 117 Å². The van der Waals surface area contributed by atoms with Crippen LogP contribution < -0.4 is 5.73 Å². The van der Waals surface area contributed by atoms with Crippen LogP contribution in [0.1, 0.15) is 232 Å². The summed E-state index contributed by atoms with van der Waals surface area (Å²) in [5, 5.41) is 0. The van der Waals surface area contributed by atoms with Crippen molar-refractivity contribution in [3.05, 3.63) is 36.5 Å². The number of phosphoric ester groups is 1. The van der Waals surface area contributed by atoms with Crippen LogP contribution in [0.4, 0.5) is 0 Å². The molecule has 2 unspecified atom stereocenters. The Morgan fingerprint density at radius 1 is 0.517 bits per heavy atom. The van der Waals surface area contributed by atoms with E-state index in [9.17, 15) is 14.3 Å². The van der Waals surface area contributed by atoms with Gasteiger partial charge >= 0.3 is 13.8 Å². The van der Waals surface area contributed by atoms with Crippen molar-refractivity contribution in [3.8, 4) is 0 Å². The van der Waals surface area contributed by atoms with Crippen LogP contribution in [0, 0.1) is 0 Å². The van der Waals surface area contributed by atoms with Crippen molar-refractivity contribution < 1.29 is 32.8 Å². The van der Waals surface area contributed by atoms with Gasteiger partial charge in [0.15, 0.2) is 0 Å². The average Bonchev–Trinajstić information content (AvgIpc) is 3.21. The second-order valence-corrected chi connectivity index (χ2v) is 17.8. The largest absolute Gasteiger partial charge is 0.472 e. The van der Waals surface area contributed by atoms with Gasteiger partial charge in [0.25, 0.3) is 0 Å². The van der Waals surface area contributed by atoms with Crippen LogP contribution in [0.2, 0.25) is 0 Å². The lowest BCUT2D eigenvalue weighted by atomic mass is 10.0. The second-order valence-electron chi connectivity index (χ2n) is 16.3. The van der Waals surface area contributed by atoms with Crippen molar-refractivity contribution in [1.82, 2.24) is 0 Å². The molecule has 0 spiro atoms. The van der Waals surface area contributed by atoms with E-state index in [1.807, 2.05) is 0 Å². The fraction of sp³-hybridized carbons (Fsp3) is 0.857. The molecule has 0 radical (unpaired) electrons. The van der Waals surface area contributed by atoms with E-state index >= 15 is 0 Å². The molecule has 58 heavy (non-hydrogen) atoms. The van der Waals surface area contributed by atoms with Gasteiger partial charge in [-0.2, -0.15) is 0 Å².